The van der Waals surface area contributed by atoms with Crippen molar-refractivity contribution in [3.63, 3.8) is 0 Å². The summed E-state index contributed by atoms with van der Waals surface area (Å²) < 4.78 is 36.4. The highest BCUT2D eigenvalue weighted by Gasteiger charge is 2.48. The van der Waals surface area contributed by atoms with Crippen molar-refractivity contribution < 1.29 is 48.2 Å². The average molecular weight is 796 g/mol. The number of unbranched alkanes of at least 4 members (excludes halogenated alkanes) is 1. The molecule has 0 saturated heterocycles. The molecule has 1 amide bonds. The molecule has 0 unspecified atom stereocenters. The molecule has 53 heavy (non-hydrogen) atoms. The molecule has 4 atom stereocenters. The first-order valence-electron chi connectivity index (χ1n) is 17.8. The summed E-state index contributed by atoms with van der Waals surface area (Å²) in [6.45, 7) is -1.34. The number of aliphatic hydroxyl groups excluding tert-OH is 5. The lowest BCUT2D eigenvalue weighted by molar-refractivity contribution is -0.139. The third-order valence-corrected chi connectivity index (χ3v) is 11.3. The van der Waals surface area contributed by atoms with Crippen molar-refractivity contribution in [1.29, 1.82) is 0 Å². The van der Waals surface area contributed by atoms with E-state index in [1.165, 1.54) is 0 Å². The van der Waals surface area contributed by atoms with Gasteiger partial charge in [-0.3, -0.25) is 9.78 Å². The quantitative estimate of drug-likeness (QED) is 0.0988. The maximum atomic E-state index is 13.1. The zero-order valence-electron chi connectivity index (χ0n) is 29.6. The minimum Gasteiger partial charge on any atom is -0.490 e. The number of amides is 1. The molecule has 2 fully saturated rings. The Balaban J connectivity index is 1.17. The van der Waals surface area contributed by atoms with E-state index in [4.69, 9.17) is 37.8 Å². The number of pyridine rings is 1. The van der Waals surface area contributed by atoms with Crippen LogP contribution in [0.25, 0.3) is 11.1 Å². The molecule has 290 valence electrons. The smallest absolute Gasteiger partial charge is 0.222 e. The van der Waals surface area contributed by atoms with E-state index in [2.05, 4.69) is 11.1 Å². The van der Waals surface area contributed by atoms with Crippen molar-refractivity contribution in [2.45, 2.75) is 94.1 Å². The minimum absolute atomic E-state index is 0.0151. The van der Waals surface area contributed by atoms with E-state index in [0.717, 1.165) is 70.4 Å². The molecule has 5 N–H and O–H groups in total. The van der Waals surface area contributed by atoms with Crippen LogP contribution in [0.5, 0.6) is 5.75 Å². The monoisotopic (exact) mass is 794 g/mol. The number of hydrogen-bond acceptors (Lipinski definition) is 11. The van der Waals surface area contributed by atoms with Crippen molar-refractivity contribution in [1.82, 2.24) is 9.88 Å². The van der Waals surface area contributed by atoms with E-state index in [9.17, 15) is 33.6 Å². The molecule has 1 heterocycles. The molecule has 2 aliphatic carbocycles. The summed E-state index contributed by atoms with van der Waals surface area (Å²) in [5, 5.41) is 50.2. The summed E-state index contributed by atoms with van der Waals surface area (Å²) in [5.74, 6) is 0.0170. The maximum absolute atomic E-state index is 13.1. The fraction of sp³-hybridized carbons (Fsp3) is 0.526. The standard InChI is InChI=1S/C38H48Cl2N2O10S/c1-53(49,50)17-16-42(21-32(44)36(47)37(48)33(45)22-43)35(46)9-5-2-6-24-18-31(40)25(19-30(24)39)23-51-38(13-14-38)29-20-41-15-12-27(29)28-7-3-4-8-34(28)52-26-10-11-26/h3-4,7-8,12,15,18-20,26,32-33,36-37,43-45,47-48H,2,5-6,9-11,13-14,16-17,21-23H2,1H3/t32-,33+,36+,37+/m0/s1. The van der Waals surface area contributed by atoms with Crippen LogP contribution < -0.4 is 4.74 Å². The second kappa shape index (κ2) is 18.2. The van der Waals surface area contributed by atoms with Crippen LogP contribution in [0.4, 0.5) is 0 Å². The maximum Gasteiger partial charge on any atom is 0.222 e. The van der Waals surface area contributed by atoms with Gasteiger partial charge in [-0.05, 0) is 85.9 Å². The number of para-hydroxylation sites is 1. The van der Waals surface area contributed by atoms with Crippen molar-refractivity contribution in [3.8, 4) is 16.9 Å². The number of nitrogens with zero attached hydrogens (tertiary/aromatic N) is 2. The molecule has 0 aliphatic heterocycles. The Labute approximate surface area is 320 Å². The number of rotatable bonds is 21. The summed E-state index contributed by atoms with van der Waals surface area (Å²) in [5.41, 5.74) is 4.05. The van der Waals surface area contributed by atoms with Gasteiger partial charge < -0.3 is 39.9 Å². The van der Waals surface area contributed by atoms with Gasteiger partial charge in [-0.15, -0.1) is 0 Å². The van der Waals surface area contributed by atoms with E-state index in [0.29, 0.717) is 29.3 Å². The Morgan fingerprint density at radius 3 is 2.34 bits per heavy atom. The number of benzene rings is 2. The van der Waals surface area contributed by atoms with Crippen LogP contribution in [0.1, 0.15) is 61.6 Å². The lowest BCUT2D eigenvalue weighted by Gasteiger charge is -2.30. The Bertz CT molecular complexity index is 1820. The molecule has 0 radical (unpaired) electrons. The van der Waals surface area contributed by atoms with Crippen molar-refractivity contribution >= 4 is 38.9 Å². The Morgan fingerprint density at radius 1 is 0.981 bits per heavy atom. The van der Waals surface area contributed by atoms with Gasteiger partial charge in [0.05, 0.1) is 30.7 Å². The molecule has 1 aromatic heterocycles. The lowest BCUT2D eigenvalue weighted by Crippen LogP contribution is -2.51. The van der Waals surface area contributed by atoms with Gasteiger partial charge >= 0.3 is 0 Å². The van der Waals surface area contributed by atoms with Crippen LogP contribution >= 0.6 is 23.2 Å². The summed E-state index contributed by atoms with van der Waals surface area (Å²) in [4.78, 5) is 18.6. The van der Waals surface area contributed by atoms with E-state index in [-0.39, 0.29) is 31.4 Å². The number of carbonyl (C=O) groups excluding carboxylic acids is 1. The van der Waals surface area contributed by atoms with E-state index >= 15 is 0 Å². The van der Waals surface area contributed by atoms with Gasteiger partial charge in [0.25, 0.3) is 0 Å². The van der Waals surface area contributed by atoms with Crippen LogP contribution in [0, 0.1) is 0 Å². The average Bonchev–Trinajstić information content (AvgIpc) is 4.09. The van der Waals surface area contributed by atoms with Crippen molar-refractivity contribution in [2.24, 2.45) is 0 Å². The molecule has 5 rings (SSSR count). The first-order chi connectivity index (χ1) is 25.2. The molecule has 15 heteroatoms. The largest absolute Gasteiger partial charge is 0.490 e. The fourth-order valence-corrected chi connectivity index (χ4v) is 7.22. The molecular formula is C38H48Cl2N2O10S. The topological polar surface area (TPSA) is 187 Å². The zero-order chi connectivity index (χ0) is 38.3. The Morgan fingerprint density at radius 2 is 1.66 bits per heavy atom. The van der Waals surface area contributed by atoms with E-state index in [1.807, 2.05) is 30.5 Å². The highest BCUT2D eigenvalue weighted by molar-refractivity contribution is 7.90. The van der Waals surface area contributed by atoms with E-state index < -0.39 is 58.9 Å². The Hall–Kier alpha value is -2.85. The first-order valence-corrected chi connectivity index (χ1v) is 20.6. The number of hydrogen-bond donors (Lipinski definition) is 5. The molecule has 12 nitrogen and oxygen atoms in total. The number of aryl methyl sites for hydroxylation is 1. The number of halogens is 2. The van der Waals surface area contributed by atoms with Crippen LogP contribution in [0.15, 0.2) is 54.9 Å². The highest BCUT2D eigenvalue weighted by atomic mass is 35.5. The third-order valence-electron chi connectivity index (χ3n) is 9.64. The van der Waals surface area contributed by atoms with Crippen LogP contribution in [0.2, 0.25) is 10.0 Å². The van der Waals surface area contributed by atoms with Crippen LogP contribution in [0.3, 0.4) is 0 Å². The first kappa shape index (κ1) is 41.3. The SMILES string of the molecule is CS(=O)(=O)CCN(C[C@H](O)[C@@H](O)[C@H](O)[C@H](O)CO)C(=O)CCCCc1cc(Cl)c(COC2(c3cnccc3-c3ccccc3OC3CC3)CC2)cc1Cl. The predicted octanol–water partition coefficient (Wildman–Crippen LogP) is 3.82. The molecule has 2 aromatic carbocycles. The molecule has 0 bridgehead atoms. The molecule has 0 spiro atoms. The number of sulfone groups is 1. The molecule has 2 saturated carbocycles. The van der Waals surface area contributed by atoms with Gasteiger partial charge in [0, 0.05) is 59.3 Å². The minimum atomic E-state index is -3.46. The van der Waals surface area contributed by atoms with E-state index in [1.54, 1.807) is 18.3 Å². The number of aromatic nitrogens is 1. The van der Waals surface area contributed by atoms with Crippen LogP contribution in [-0.4, -0.2) is 112 Å². The van der Waals surface area contributed by atoms with Gasteiger partial charge in [0.2, 0.25) is 5.91 Å². The van der Waals surface area contributed by atoms with Gasteiger partial charge in [-0.2, -0.15) is 0 Å². The lowest BCUT2D eigenvalue weighted by atomic mass is 9.96. The Kier molecular flexibility index (Phi) is 14.2. The second-order valence-corrected chi connectivity index (χ2v) is 17.1. The van der Waals surface area contributed by atoms with Crippen LogP contribution in [-0.2, 0) is 38.0 Å². The number of carbonyl (C=O) groups is 1. The molecule has 2 aliphatic rings. The third kappa shape index (κ3) is 11.3. The normalized spacial score (nSPS) is 17.5. The summed E-state index contributed by atoms with van der Waals surface area (Å²) >= 11 is 13.4. The molecule has 3 aromatic rings. The summed E-state index contributed by atoms with van der Waals surface area (Å²) in [6.07, 6.45) is 3.01. The predicted molar refractivity (Wildman–Crippen MR) is 200 cm³/mol. The van der Waals surface area contributed by atoms with Gasteiger partial charge in [-0.25, -0.2) is 8.42 Å². The van der Waals surface area contributed by atoms with Gasteiger partial charge in [0.1, 0.15) is 40.0 Å². The zero-order valence-corrected chi connectivity index (χ0v) is 31.9. The van der Waals surface area contributed by atoms with Gasteiger partial charge in [-0.1, -0.05) is 41.4 Å². The van der Waals surface area contributed by atoms with Gasteiger partial charge in [0.15, 0.2) is 0 Å². The highest BCUT2D eigenvalue weighted by Crippen LogP contribution is 2.53. The molecular weight excluding hydrogens is 747 g/mol. The fourth-order valence-electron chi connectivity index (χ4n) is 6.14. The number of aliphatic hydroxyl groups is 5. The number of ether oxygens (including phenoxy) is 2. The summed E-state index contributed by atoms with van der Waals surface area (Å²) in [6, 6.07) is 13.6. The van der Waals surface area contributed by atoms with Crippen molar-refractivity contribution in [2.75, 3.05) is 31.7 Å². The van der Waals surface area contributed by atoms with Crippen molar-refractivity contribution in [3.05, 3.63) is 81.6 Å². The summed E-state index contributed by atoms with van der Waals surface area (Å²) in [7, 11) is -3.46. The second-order valence-electron chi connectivity index (χ2n) is 14.0.